The van der Waals surface area contributed by atoms with E-state index in [0.717, 1.165) is 16.7 Å². The second-order valence-electron chi connectivity index (χ2n) is 5.68. The first-order valence-electron chi connectivity index (χ1n) is 7.06. The van der Waals surface area contributed by atoms with E-state index in [4.69, 9.17) is 16.3 Å². The zero-order valence-electron chi connectivity index (χ0n) is 12.6. The van der Waals surface area contributed by atoms with Crippen molar-refractivity contribution >= 4 is 17.6 Å². The van der Waals surface area contributed by atoms with E-state index in [9.17, 15) is 15.0 Å². The number of aliphatic hydroxyl groups is 2. The monoisotopic (exact) mass is 330 g/mol. The Balaban J connectivity index is 2.04. The number of hydrogen-bond acceptors (Lipinski definition) is 4. The molecule has 4 nitrogen and oxygen atoms in total. The summed E-state index contributed by atoms with van der Waals surface area (Å²) >= 11 is 6.33. The van der Waals surface area contributed by atoms with Crippen LogP contribution in [0.3, 0.4) is 0 Å². The van der Waals surface area contributed by atoms with Crippen molar-refractivity contribution in [1.29, 1.82) is 0 Å². The molecule has 2 aromatic rings. The Hall–Kier alpha value is -2.46. The highest BCUT2D eigenvalue weighted by Gasteiger charge is 2.47. The lowest BCUT2D eigenvalue weighted by Crippen LogP contribution is -2.25. The first-order chi connectivity index (χ1) is 10.8. The van der Waals surface area contributed by atoms with Crippen LogP contribution in [0.4, 0.5) is 0 Å². The molecule has 0 radical (unpaired) electrons. The van der Waals surface area contributed by atoms with Crippen molar-refractivity contribution < 1.29 is 19.7 Å². The molecule has 0 unspecified atom stereocenters. The van der Waals surface area contributed by atoms with Gasteiger partial charge in [-0.1, -0.05) is 53.6 Å². The van der Waals surface area contributed by atoms with Crippen LogP contribution in [-0.4, -0.2) is 16.2 Å². The van der Waals surface area contributed by atoms with E-state index in [1.165, 1.54) is 6.92 Å². The molecule has 2 N–H and O–H groups in total. The fraction of sp³-hybridized carbons (Fsp3) is 0.167. The maximum atomic E-state index is 11.5. The lowest BCUT2D eigenvalue weighted by atomic mass is 9.92. The Kier molecular flexibility index (Phi) is 3.57. The molecule has 1 atom stereocenters. The molecule has 2 aromatic carbocycles. The highest BCUT2D eigenvalue weighted by atomic mass is 35.5. The van der Waals surface area contributed by atoms with Crippen molar-refractivity contribution in [2.24, 2.45) is 0 Å². The molecule has 1 aliphatic rings. The Morgan fingerprint density at radius 3 is 2.17 bits per heavy atom. The first kappa shape index (κ1) is 15.4. The van der Waals surface area contributed by atoms with Crippen molar-refractivity contribution in [2.75, 3.05) is 0 Å². The minimum Gasteiger partial charge on any atom is -0.505 e. The summed E-state index contributed by atoms with van der Waals surface area (Å²) in [7, 11) is 0. The largest absolute Gasteiger partial charge is 0.505 e. The van der Waals surface area contributed by atoms with Crippen LogP contribution >= 0.6 is 11.6 Å². The van der Waals surface area contributed by atoms with Crippen molar-refractivity contribution in [3.05, 3.63) is 70.1 Å². The molecule has 0 saturated carbocycles. The number of carbonyl (C=O) groups excluding carboxylic acids is 1. The van der Waals surface area contributed by atoms with Gasteiger partial charge in [-0.3, -0.25) is 0 Å². The summed E-state index contributed by atoms with van der Waals surface area (Å²) in [5, 5.41) is 19.9. The van der Waals surface area contributed by atoms with E-state index in [1.807, 2.05) is 37.3 Å². The number of carbonyl (C=O) groups is 1. The fourth-order valence-corrected chi connectivity index (χ4v) is 2.98. The van der Waals surface area contributed by atoms with Crippen LogP contribution in [-0.2, 0) is 15.1 Å². The van der Waals surface area contributed by atoms with Gasteiger partial charge in [-0.05, 0) is 31.0 Å². The molecule has 118 valence electrons. The number of cyclic esters (lactones) is 1. The third kappa shape index (κ3) is 2.45. The number of benzene rings is 2. The average molecular weight is 331 g/mol. The van der Waals surface area contributed by atoms with Gasteiger partial charge in [-0.15, -0.1) is 0 Å². The summed E-state index contributed by atoms with van der Waals surface area (Å²) in [6.45, 7) is 3.49. The summed E-state index contributed by atoms with van der Waals surface area (Å²) < 4.78 is 5.10. The zero-order chi connectivity index (χ0) is 16.8. The summed E-state index contributed by atoms with van der Waals surface area (Å²) in [6.07, 6.45) is 0. The molecule has 3 rings (SSSR count). The molecular formula is C18H15ClO4. The number of ether oxygens (including phenoxy) is 1. The Bertz CT molecular complexity index is 823. The highest BCUT2D eigenvalue weighted by Crippen LogP contribution is 2.42. The zero-order valence-corrected chi connectivity index (χ0v) is 13.4. The van der Waals surface area contributed by atoms with Crippen LogP contribution in [0.15, 0.2) is 54.0 Å². The van der Waals surface area contributed by atoms with E-state index < -0.39 is 23.1 Å². The lowest BCUT2D eigenvalue weighted by molar-refractivity contribution is -0.149. The van der Waals surface area contributed by atoms with Crippen LogP contribution in [0.25, 0.3) is 11.1 Å². The van der Waals surface area contributed by atoms with E-state index in [2.05, 4.69) is 0 Å². The molecule has 1 heterocycles. The Morgan fingerprint density at radius 2 is 1.65 bits per heavy atom. The first-order valence-corrected chi connectivity index (χ1v) is 7.44. The number of aliphatic hydroxyl groups excluding tert-OH is 2. The summed E-state index contributed by atoms with van der Waals surface area (Å²) in [5.41, 5.74) is 1.99. The van der Waals surface area contributed by atoms with Gasteiger partial charge in [0.1, 0.15) is 0 Å². The third-order valence-electron chi connectivity index (χ3n) is 4.03. The topological polar surface area (TPSA) is 66.8 Å². The molecule has 0 fully saturated rings. The van der Waals surface area contributed by atoms with Gasteiger partial charge in [0.2, 0.25) is 5.76 Å². The Morgan fingerprint density at radius 1 is 1.04 bits per heavy atom. The lowest BCUT2D eigenvalue weighted by Gasteiger charge is -2.24. The van der Waals surface area contributed by atoms with Gasteiger partial charge in [0, 0.05) is 10.6 Å². The van der Waals surface area contributed by atoms with E-state index in [-0.39, 0.29) is 0 Å². The highest BCUT2D eigenvalue weighted by molar-refractivity contribution is 6.31. The molecule has 0 bridgehead atoms. The molecule has 1 aliphatic heterocycles. The van der Waals surface area contributed by atoms with E-state index >= 15 is 0 Å². The second-order valence-corrected chi connectivity index (χ2v) is 6.09. The van der Waals surface area contributed by atoms with Crippen LogP contribution < -0.4 is 0 Å². The molecule has 0 amide bonds. The predicted octanol–water partition coefficient (Wildman–Crippen LogP) is 4.42. The van der Waals surface area contributed by atoms with E-state index in [1.54, 1.807) is 12.1 Å². The summed E-state index contributed by atoms with van der Waals surface area (Å²) in [4.78, 5) is 11.5. The minimum absolute atomic E-state index is 0.333. The standard InChI is InChI=1S/C18H15ClO4/c1-10-3-5-11(6-4-10)12-7-8-13(14(19)9-12)18(2)16(21)15(20)17(22)23-18/h3-9,20-21H,1-2H3/t18-/m1/s1. The summed E-state index contributed by atoms with van der Waals surface area (Å²) in [5.74, 6) is -2.29. The number of rotatable bonds is 2. The molecule has 0 saturated heterocycles. The van der Waals surface area contributed by atoms with Gasteiger partial charge < -0.3 is 14.9 Å². The number of esters is 1. The van der Waals surface area contributed by atoms with Crippen LogP contribution in [0.5, 0.6) is 0 Å². The normalized spacial score (nSPS) is 20.7. The average Bonchev–Trinajstić information content (AvgIpc) is 2.72. The smallest absolute Gasteiger partial charge is 0.378 e. The molecule has 0 aliphatic carbocycles. The molecular weight excluding hydrogens is 316 g/mol. The van der Waals surface area contributed by atoms with Crippen molar-refractivity contribution in [3.63, 3.8) is 0 Å². The maximum Gasteiger partial charge on any atom is 0.378 e. The fourth-order valence-electron chi connectivity index (χ4n) is 2.61. The SMILES string of the molecule is Cc1ccc(-c2ccc([C@@]3(C)OC(=O)C(O)=C3O)c(Cl)c2)cc1. The van der Waals surface area contributed by atoms with Gasteiger partial charge in [-0.2, -0.15) is 0 Å². The van der Waals surface area contributed by atoms with Crippen LogP contribution in [0, 0.1) is 6.92 Å². The van der Waals surface area contributed by atoms with Crippen LogP contribution in [0.1, 0.15) is 18.1 Å². The van der Waals surface area contributed by atoms with Crippen molar-refractivity contribution in [3.8, 4) is 11.1 Å². The van der Waals surface area contributed by atoms with Crippen molar-refractivity contribution in [2.45, 2.75) is 19.4 Å². The maximum absolute atomic E-state index is 11.5. The van der Waals surface area contributed by atoms with Crippen molar-refractivity contribution in [1.82, 2.24) is 0 Å². The minimum atomic E-state index is -1.48. The van der Waals surface area contributed by atoms with Gasteiger partial charge >= 0.3 is 5.97 Å². The molecule has 23 heavy (non-hydrogen) atoms. The van der Waals surface area contributed by atoms with Gasteiger partial charge in [0.25, 0.3) is 0 Å². The van der Waals surface area contributed by atoms with Gasteiger partial charge in [-0.25, -0.2) is 4.79 Å². The van der Waals surface area contributed by atoms with Gasteiger partial charge in [0.05, 0.1) is 0 Å². The molecule has 0 aromatic heterocycles. The quantitative estimate of drug-likeness (QED) is 0.800. The summed E-state index contributed by atoms with van der Waals surface area (Å²) in [6, 6.07) is 13.2. The van der Waals surface area contributed by atoms with Gasteiger partial charge in [0.15, 0.2) is 11.4 Å². The predicted molar refractivity (Wildman–Crippen MR) is 87.4 cm³/mol. The number of hydrogen-bond donors (Lipinski definition) is 2. The second kappa shape index (κ2) is 5.32. The van der Waals surface area contributed by atoms with E-state index in [0.29, 0.717) is 10.6 Å². The third-order valence-corrected chi connectivity index (χ3v) is 4.35. The number of halogens is 1. The molecule has 0 spiro atoms. The number of aryl methyl sites for hydroxylation is 1. The molecule has 5 heteroatoms. The van der Waals surface area contributed by atoms with Crippen LogP contribution in [0.2, 0.25) is 5.02 Å². The Labute approximate surface area is 138 Å².